The average Bonchev–Trinajstić information content (AvgIpc) is 2.61. The van der Waals surface area contributed by atoms with Gasteiger partial charge < -0.3 is 16.2 Å². The molecule has 1 aliphatic rings. The van der Waals surface area contributed by atoms with Crippen LogP contribution in [0.2, 0.25) is 0 Å². The van der Waals surface area contributed by atoms with Crippen LogP contribution < -0.4 is 11.1 Å². The van der Waals surface area contributed by atoms with Crippen molar-refractivity contribution in [2.24, 2.45) is 17.6 Å². The van der Waals surface area contributed by atoms with E-state index in [9.17, 15) is 24.8 Å². The summed E-state index contributed by atoms with van der Waals surface area (Å²) in [5.41, 5.74) is 6.20. The number of carbonyl (C=O) groups is 2. The number of carboxylic acids is 1. The summed E-state index contributed by atoms with van der Waals surface area (Å²) in [6, 6.07) is 4.61. The van der Waals surface area contributed by atoms with Crippen LogP contribution in [0.15, 0.2) is 24.3 Å². The van der Waals surface area contributed by atoms with Crippen LogP contribution in [0.4, 0.5) is 5.69 Å². The zero-order chi connectivity index (χ0) is 18.4. The highest BCUT2D eigenvalue weighted by molar-refractivity contribution is 5.85. The third kappa shape index (κ3) is 5.25. The van der Waals surface area contributed by atoms with Gasteiger partial charge in [-0.15, -0.1) is 0 Å². The fourth-order valence-electron chi connectivity index (χ4n) is 3.14. The Kier molecular flexibility index (Phi) is 6.46. The van der Waals surface area contributed by atoms with Gasteiger partial charge in [0.15, 0.2) is 0 Å². The van der Waals surface area contributed by atoms with Crippen molar-refractivity contribution < 1.29 is 19.6 Å². The number of aliphatic carboxylic acids is 1. The van der Waals surface area contributed by atoms with Crippen molar-refractivity contribution in [3.63, 3.8) is 0 Å². The van der Waals surface area contributed by atoms with E-state index in [0.29, 0.717) is 18.0 Å². The molecule has 0 aliphatic heterocycles. The molecule has 2 rings (SSSR count). The molecule has 0 aromatic heterocycles. The molecule has 1 amide bonds. The van der Waals surface area contributed by atoms with Crippen LogP contribution in [0, 0.1) is 22.0 Å². The largest absolute Gasteiger partial charge is 0.480 e. The molecule has 8 heteroatoms. The number of nitrogens with two attached hydrogens (primary N) is 1. The monoisotopic (exact) mass is 349 g/mol. The molecule has 1 fully saturated rings. The standard InChI is InChI=1S/C17H23N3O5/c18-10-12-1-5-13(6-2-12)16(21)19-15(17(22)23)9-11-3-7-14(8-4-11)20(24)25/h3-4,7-8,12-13,15H,1-2,5-6,9-10,18H2,(H,19,21)(H,22,23). The Morgan fingerprint density at radius 3 is 2.32 bits per heavy atom. The molecular weight excluding hydrogens is 326 g/mol. The number of nitrogens with one attached hydrogen (secondary N) is 1. The summed E-state index contributed by atoms with van der Waals surface area (Å²) < 4.78 is 0. The number of nitro benzene ring substituents is 1. The van der Waals surface area contributed by atoms with E-state index in [4.69, 9.17) is 5.73 Å². The molecule has 1 unspecified atom stereocenters. The highest BCUT2D eigenvalue weighted by Crippen LogP contribution is 2.28. The molecule has 1 aromatic rings. The third-order valence-electron chi connectivity index (χ3n) is 4.75. The number of nitrogens with zero attached hydrogens (tertiary/aromatic N) is 1. The zero-order valence-electron chi connectivity index (χ0n) is 13.9. The molecule has 1 atom stereocenters. The lowest BCUT2D eigenvalue weighted by Gasteiger charge is -2.27. The summed E-state index contributed by atoms with van der Waals surface area (Å²) >= 11 is 0. The number of nitro groups is 1. The number of rotatable bonds is 7. The van der Waals surface area contributed by atoms with Crippen molar-refractivity contribution in [1.29, 1.82) is 0 Å². The Morgan fingerprint density at radius 2 is 1.84 bits per heavy atom. The van der Waals surface area contributed by atoms with E-state index in [-0.39, 0.29) is 23.9 Å². The first-order chi connectivity index (χ1) is 11.9. The van der Waals surface area contributed by atoms with Gasteiger partial charge in [0.05, 0.1) is 4.92 Å². The van der Waals surface area contributed by atoms with Crippen LogP contribution in [-0.2, 0) is 16.0 Å². The van der Waals surface area contributed by atoms with E-state index in [1.807, 2.05) is 0 Å². The number of hydrogen-bond donors (Lipinski definition) is 3. The van der Waals surface area contributed by atoms with Gasteiger partial charge in [-0.1, -0.05) is 12.1 Å². The first kappa shape index (κ1) is 18.9. The quantitative estimate of drug-likeness (QED) is 0.504. The SMILES string of the molecule is NCC1CCC(C(=O)NC(Cc2ccc([N+](=O)[O-])cc2)C(=O)O)CC1. The molecule has 0 spiro atoms. The van der Waals surface area contributed by atoms with Gasteiger partial charge >= 0.3 is 5.97 Å². The second-order valence-electron chi connectivity index (χ2n) is 6.48. The summed E-state index contributed by atoms with van der Waals surface area (Å²) in [4.78, 5) is 33.9. The fraction of sp³-hybridized carbons (Fsp3) is 0.529. The van der Waals surface area contributed by atoms with Crippen LogP contribution in [0.3, 0.4) is 0 Å². The molecule has 0 heterocycles. The van der Waals surface area contributed by atoms with Gasteiger partial charge in [-0.05, 0) is 43.7 Å². The lowest BCUT2D eigenvalue weighted by Crippen LogP contribution is -2.45. The summed E-state index contributed by atoms with van der Waals surface area (Å²) in [7, 11) is 0. The van der Waals surface area contributed by atoms with Crippen LogP contribution in [0.25, 0.3) is 0 Å². The molecule has 8 nitrogen and oxygen atoms in total. The van der Waals surface area contributed by atoms with Crippen LogP contribution in [0.5, 0.6) is 0 Å². The molecule has 1 aliphatic carbocycles. The molecule has 136 valence electrons. The summed E-state index contributed by atoms with van der Waals surface area (Å²) in [5.74, 6) is -1.10. The second-order valence-corrected chi connectivity index (χ2v) is 6.48. The van der Waals surface area contributed by atoms with Gasteiger partial charge in [-0.3, -0.25) is 14.9 Å². The van der Waals surface area contributed by atoms with Crippen LogP contribution >= 0.6 is 0 Å². The van der Waals surface area contributed by atoms with Gasteiger partial charge in [0.25, 0.3) is 5.69 Å². The normalized spacial score (nSPS) is 21.3. The predicted molar refractivity (Wildman–Crippen MR) is 90.9 cm³/mol. The minimum absolute atomic E-state index is 0.0590. The number of non-ortho nitro benzene ring substituents is 1. The third-order valence-corrected chi connectivity index (χ3v) is 4.75. The van der Waals surface area contributed by atoms with Gasteiger partial charge in [0.1, 0.15) is 6.04 Å². The fourth-order valence-corrected chi connectivity index (χ4v) is 3.14. The van der Waals surface area contributed by atoms with Crippen molar-refractivity contribution in [2.75, 3.05) is 6.54 Å². The van der Waals surface area contributed by atoms with Gasteiger partial charge in [0, 0.05) is 24.5 Å². The van der Waals surface area contributed by atoms with Gasteiger partial charge in [-0.25, -0.2) is 4.79 Å². The Balaban J connectivity index is 1.95. The Morgan fingerprint density at radius 1 is 1.24 bits per heavy atom. The van der Waals surface area contributed by atoms with Crippen molar-refractivity contribution in [3.8, 4) is 0 Å². The first-order valence-electron chi connectivity index (χ1n) is 8.37. The van der Waals surface area contributed by atoms with Crippen molar-refractivity contribution in [1.82, 2.24) is 5.32 Å². The van der Waals surface area contributed by atoms with E-state index >= 15 is 0 Å². The number of benzene rings is 1. The summed E-state index contributed by atoms with van der Waals surface area (Å²) in [6.07, 6.45) is 3.29. The van der Waals surface area contributed by atoms with Crippen molar-refractivity contribution in [2.45, 2.75) is 38.1 Å². The highest BCUT2D eigenvalue weighted by atomic mass is 16.6. The van der Waals surface area contributed by atoms with E-state index in [0.717, 1.165) is 25.7 Å². The Bertz CT molecular complexity index is 624. The zero-order valence-corrected chi connectivity index (χ0v) is 13.9. The maximum absolute atomic E-state index is 12.3. The minimum Gasteiger partial charge on any atom is -0.480 e. The molecular formula is C17H23N3O5. The topological polar surface area (TPSA) is 136 Å². The average molecular weight is 349 g/mol. The van der Waals surface area contributed by atoms with Crippen LogP contribution in [-0.4, -0.2) is 34.5 Å². The predicted octanol–water partition coefficient (Wildman–Crippen LogP) is 1.47. The molecule has 4 N–H and O–H groups in total. The minimum atomic E-state index is -1.12. The first-order valence-corrected chi connectivity index (χ1v) is 8.37. The highest BCUT2D eigenvalue weighted by Gasteiger charge is 2.29. The summed E-state index contributed by atoms with van der Waals surface area (Å²) in [5, 5.41) is 22.6. The number of hydrogen-bond acceptors (Lipinski definition) is 5. The molecule has 25 heavy (non-hydrogen) atoms. The van der Waals surface area contributed by atoms with E-state index in [2.05, 4.69) is 5.32 Å². The smallest absolute Gasteiger partial charge is 0.326 e. The molecule has 1 aromatic carbocycles. The lowest BCUT2D eigenvalue weighted by atomic mass is 9.81. The Hall–Kier alpha value is -2.48. The van der Waals surface area contributed by atoms with Crippen LogP contribution in [0.1, 0.15) is 31.2 Å². The van der Waals surface area contributed by atoms with Gasteiger partial charge in [-0.2, -0.15) is 0 Å². The molecule has 0 radical (unpaired) electrons. The number of amides is 1. The summed E-state index contributed by atoms with van der Waals surface area (Å²) in [6.45, 7) is 0.617. The van der Waals surface area contributed by atoms with E-state index in [1.165, 1.54) is 24.3 Å². The van der Waals surface area contributed by atoms with Crippen molar-refractivity contribution in [3.05, 3.63) is 39.9 Å². The molecule has 0 bridgehead atoms. The van der Waals surface area contributed by atoms with E-state index in [1.54, 1.807) is 0 Å². The molecule has 1 saturated carbocycles. The van der Waals surface area contributed by atoms with Gasteiger partial charge in [0.2, 0.25) is 5.91 Å². The lowest BCUT2D eigenvalue weighted by molar-refractivity contribution is -0.384. The Labute approximate surface area is 145 Å². The second kappa shape index (κ2) is 8.57. The number of carbonyl (C=O) groups excluding carboxylic acids is 1. The van der Waals surface area contributed by atoms with Crippen molar-refractivity contribution >= 4 is 17.6 Å². The number of carboxylic acid groups (broad SMARTS) is 1. The maximum atomic E-state index is 12.3. The van der Waals surface area contributed by atoms with E-state index < -0.39 is 16.9 Å². The maximum Gasteiger partial charge on any atom is 0.326 e. The molecule has 0 saturated heterocycles.